The van der Waals surface area contributed by atoms with Gasteiger partial charge < -0.3 is 5.11 Å². The molecule has 1 N–H and O–H groups in total. The Morgan fingerprint density at radius 3 is 2.41 bits per heavy atom. The molecule has 0 bridgehead atoms. The van der Waals surface area contributed by atoms with Gasteiger partial charge in [-0.15, -0.1) is 0 Å². The van der Waals surface area contributed by atoms with Crippen LogP contribution in [0.1, 0.15) is 28.3 Å². The highest BCUT2D eigenvalue weighted by molar-refractivity contribution is 6.46. The Kier molecular flexibility index (Phi) is 4.18. The van der Waals surface area contributed by atoms with Crippen molar-refractivity contribution >= 4 is 28.4 Å². The van der Waals surface area contributed by atoms with E-state index < -0.39 is 57.8 Å². The Labute approximate surface area is 159 Å². The maximum atomic E-state index is 14.6. The number of hydrogen-bond acceptors (Lipinski definition) is 4. The fourth-order valence-corrected chi connectivity index (χ4v) is 3.48. The lowest BCUT2D eigenvalue weighted by molar-refractivity contribution is -0.144. The first-order valence-corrected chi connectivity index (χ1v) is 8.27. The molecule has 1 saturated carbocycles. The maximum Gasteiger partial charge on any atom is 0.337 e. The summed E-state index contributed by atoms with van der Waals surface area (Å²) in [6, 6.07) is 2.86. The molecule has 2 aromatic carbocycles. The van der Waals surface area contributed by atoms with E-state index in [-0.39, 0.29) is 28.5 Å². The highest BCUT2D eigenvalue weighted by atomic mass is 19.2. The molecule has 146 valence electrons. The van der Waals surface area contributed by atoms with Crippen LogP contribution in [0, 0.1) is 23.3 Å². The molecule has 0 spiro atoms. The van der Waals surface area contributed by atoms with Crippen LogP contribution in [-0.2, 0) is 9.59 Å². The summed E-state index contributed by atoms with van der Waals surface area (Å²) in [5, 5.41) is 9.40. The molecule has 0 radical (unpaired) electrons. The van der Waals surface area contributed by atoms with E-state index in [0.29, 0.717) is 12.1 Å². The smallest absolute Gasteiger partial charge is 0.337 e. The van der Waals surface area contributed by atoms with Crippen molar-refractivity contribution in [2.75, 3.05) is 0 Å². The van der Waals surface area contributed by atoms with Crippen molar-refractivity contribution in [1.82, 2.24) is 4.98 Å². The molecule has 1 aromatic heterocycles. The van der Waals surface area contributed by atoms with E-state index >= 15 is 0 Å². The number of carboxylic acid groups (broad SMARTS) is 1. The van der Waals surface area contributed by atoms with Gasteiger partial charge in [0.15, 0.2) is 17.4 Å². The zero-order chi connectivity index (χ0) is 21.0. The van der Waals surface area contributed by atoms with Crippen molar-refractivity contribution in [3.8, 4) is 11.1 Å². The van der Waals surface area contributed by atoms with Crippen LogP contribution in [-0.4, -0.2) is 27.6 Å². The first kappa shape index (κ1) is 18.7. The van der Waals surface area contributed by atoms with Gasteiger partial charge >= 0.3 is 5.97 Å². The Bertz CT molecular complexity index is 1260. The summed E-state index contributed by atoms with van der Waals surface area (Å²) in [6.07, 6.45) is 0.598. The molecule has 9 heteroatoms. The van der Waals surface area contributed by atoms with E-state index in [2.05, 4.69) is 4.98 Å². The SMILES string of the molecule is O=C1CC(c2c(C(=O)O)cnc3c(-c4cc(F)cc(F)c4F)c(F)ccc23)C1=O. The summed E-state index contributed by atoms with van der Waals surface area (Å²) in [5.74, 6) is -9.28. The monoisotopic (exact) mass is 403 g/mol. The summed E-state index contributed by atoms with van der Waals surface area (Å²) in [5.41, 5.74) is -2.09. The molecular formula is C20H9F4NO4. The number of carboxylic acids is 1. The number of Topliss-reactive ketones (excluding diaryl/α,β-unsaturated/α-hetero) is 2. The molecule has 0 amide bonds. The van der Waals surface area contributed by atoms with Gasteiger partial charge in [-0.05, 0) is 23.8 Å². The number of carbonyl (C=O) groups is 3. The first-order valence-electron chi connectivity index (χ1n) is 8.27. The number of nitrogens with zero attached hydrogens (tertiary/aromatic N) is 1. The van der Waals surface area contributed by atoms with Crippen LogP contribution in [0.15, 0.2) is 30.5 Å². The topological polar surface area (TPSA) is 84.3 Å². The minimum atomic E-state index is -1.54. The lowest BCUT2D eigenvalue weighted by Crippen LogP contribution is -2.36. The predicted octanol–water partition coefficient (Wildman–Crippen LogP) is 3.78. The number of hydrogen-bond donors (Lipinski definition) is 1. The van der Waals surface area contributed by atoms with Gasteiger partial charge in [0.2, 0.25) is 5.78 Å². The molecule has 1 aliphatic carbocycles. The van der Waals surface area contributed by atoms with E-state index in [9.17, 15) is 37.1 Å². The molecule has 1 atom stereocenters. The normalized spacial score (nSPS) is 16.2. The van der Waals surface area contributed by atoms with E-state index in [0.717, 1.165) is 18.3 Å². The molecular weight excluding hydrogens is 394 g/mol. The highest BCUT2D eigenvalue weighted by Gasteiger charge is 2.42. The van der Waals surface area contributed by atoms with E-state index in [1.165, 1.54) is 0 Å². The van der Waals surface area contributed by atoms with Gasteiger partial charge in [0.25, 0.3) is 0 Å². The fraction of sp³-hybridized carbons (Fsp3) is 0.100. The van der Waals surface area contributed by atoms with Gasteiger partial charge in [0, 0.05) is 35.2 Å². The average molecular weight is 403 g/mol. The van der Waals surface area contributed by atoms with Gasteiger partial charge in [-0.1, -0.05) is 0 Å². The third kappa shape index (κ3) is 2.77. The first-order chi connectivity index (χ1) is 13.7. The van der Waals surface area contributed by atoms with Gasteiger partial charge in [0.05, 0.1) is 17.0 Å². The maximum absolute atomic E-state index is 14.6. The van der Waals surface area contributed by atoms with Crippen LogP contribution >= 0.6 is 0 Å². The molecule has 4 rings (SSSR count). The predicted molar refractivity (Wildman–Crippen MR) is 91.3 cm³/mol. The quantitative estimate of drug-likeness (QED) is 0.409. The van der Waals surface area contributed by atoms with E-state index in [1.54, 1.807) is 0 Å². The highest BCUT2D eigenvalue weighted by Crippen LogP contribution is 2.41. The number of ketones is 2. The summed E-state index contributed by atoms with van der Waals surface area (Å²) in [7, 11) is 0. The number of halogens is 4. The zero-order valence-corrected chi connectivity index (χ0v) is 14.3. The summed E-state index contributed by atoms with van der Waals surface area (Å²) in [6.45, 7) is 0. The lowest BCUT2D eigenvalue weighted by atomic mass is 9.74. The Morgan fingerprint density at radius 2 is 1.79 bits per heavy atom. The average Bonchev–Trinajstić information content (AvgIpc) is 2.67. The molecule has 1 aliphatic rings. The van der Waals surface area contributed by atoms with Crippen molar-refractivity contribution in [1.29, 1.82) is 0 Å². The largest absolute Gasteiger partial charge is 0.478 e. The number of aromatic carboxylic acids is 1. The molecule has 1 heterocycles. The van der Waals surface area contributed by atoms with Gasteiger partial charge in [0.1, 0.15) is 11.6 Å². The molecule has 0 aliphatic heterocycles. The Morgan fingerprint density at radius 1 is 1.07 bits per heavy atom. The summed E-state index contributed by atoms with van der Waals surface area (Å²) in [4.78, 5) is 38.8. The molecule has 29 heavy (non-hydrogen) atoms. The second-order valence-electron chi connectivity index (χ2n) is 6.50. The summed E-state index contributed by atoms with van der Waals surface area (Å²) < 4.78 is 56.2. The Balaban J connectivity index is 2.09. The van der Waals surface area contributed by atoms with E-state index in [4.69, 9.17) is 0 Å². The van der Waals surface area contributed by atoms with Gasteiger partial charge in [-0.25, -0.2) is 22.4 Å². The van der Waals surface area contributed by atoms with Crippen LogP contribution in [0.5, 0.6) is 0 Å². The number of carbonyl (C=O) groups excluding carboxylic acids is 2. The minimum absolute atomic E-state index is 0.0313. The minimum Gasteiger partial charge on any atom is -0.478 e. The number of fused-ring (bicyclic) bond motifs is 1. The Hall–Kier alpha value is -3.62. The third-order valence-electron chi connectivity index (χ3n) is 4.85. The van der Waals surface area contributed by atoms with Crippen LogP contribution in [0.25, 0.3) is 22.0 Å². The third-order valence-corrected chi connectivity index (χ3v) is 4.85. The van der Waals surface area contributed by atoms with Gasteiger partial charge in [-0.3, -0.25) is 14.6 Å². The van der Waals surface area contributed by atoms with Crippen LogP contribution < -0.4 is 0 Å². The summed E-state index contributed by atoms with van der Waals surface area (Å²) >= 11 is 0. The second kappa shape index (κ2) is 6.47. The standard InChI is InChI=1S/C20H9F4NO4/c21-7-3-9(17(24)13(23)4-7)16-12(22)2-1-8-15(10-5-14(26)19(10)27)11(20(28)29)6-25-18(8)16/h1-4,6,10H,5H2,(H,28,29). The van der Waals surface area contributed by atoms with Gasteiger partial charge in [-0.2, -0.15) is 0 Å². The van der Waals surface area contributed by atoms with Crippen molar-refractivity contribution in [3.63, 3.8) is 0 Å². The van der Waals surface area contributed by atoms with Crippen molar-refractivity contribution in [2.24, 2.45) is 0 Å². The van der Waals surface area contributed by atoms with Crippen molar-refractivity contribution in [2.45, 2.75) is 12.3 Å². The number of benzene rings is 2. The number of rotatable bonds is 3. The second-order valence-corrected chi connectivity index (χ2v) is 6.50. The fourth-order valence-electron chi connectivity index (χ4n) is 3.48. The zero-order valence-electron chi connectivity index (χ0n) is 14.3. The molecule has 5 nitrogen and oxygen atoms in total. The molecule has 1 unspecified atom stereocenters. The van der Waals surface area contributed by atoms with Crippen molar-refractivity contribution in [3.05, 3.63) is 64.9 Å². The molecule has 1 fully saturated rings. The number of pyridine rings is 1. The molecule has 0 saturated heterocycles. The van der Waals surface area contributed by atoms with Crippen LogP contribution in [0.3, 0.4) is 0 Å². The lowest BCUT2D eigenvalue weighted by Gasteiger charge is -2.25. The van der Waals surface area contributed by atoms with Crippen molar-refractivity contribution < 1.29 is 37.1 Å². The van der Waals surface area contributed by atoms with E-state index in [1.807, 2.05) is 0 Å². The van der Waals surface area contributed by atoms with Crippen LogP contribution in [0.2, 0.25) is 0 Å². The number of aromatic nitrogens is 1. The van der Waals surface area contributed by atoms with Crippen LogP contribution in [0.4, 0.5) is 17.6 Å². The molecule has 3 aromatic rings.